The van der Waals surface area contributed by atoms with Crippen molar-refractivity contribution < 1.29 is 4.39 Å². The van der Waals surface area contributed by atoms with E-state index in [0.29, 0.717) is 10.6 Å². The van der Waals surface area contributed by atoms with Crippen molar-refractivity contribution in [2.24, 2.45) is 0 Å². The molecule has 1 heterocycles. The van der Waals surface area contributed by atoms with Crippen molar-refractivity contribution in [1.82, 2.24) is 5.32 Å². The van der Waals surface area contributed by atoms with Crippen LogP contribution in [0.5, 0.6) is 0 Å². The highest BCUT2D eigenvalue weighted by Crippen LogP contribution is 2.30. The molecule has 1 aromatic carbocycles. The number of halogens is 2. The molecule has 1 aliphatic rings. The van der Waals surface area contributed by atoms with Gasteiger partial charge in [-0.2, -0.15) is 0 Å². The zero-order valence-electron chi connectivity index (χ0n) is 7.19. The standard InChI is InChI=1S/C10H11ClFN/c11-7-3-1-4-8(12)10(7)9-5-2-6-13-9/h1,3-4,9,13H,2,5-6H2. The highest BCUT2D eigenvalue weighted by atomic mass is 35.5. The summed E-state index contributed by atoms with van der Waals surface area (Å²) in [6.07, 6.45) is 2.07. The Kier molecular flexibility index (Phi) is 2.51. The second kappa shape index (κ2) is 3.64. The molecule has 1 unspecified atom stereocenters. The lowest BCUT2D eigenvalue weighted by molar-refractivity contribution is 0.559. The molecule has 13 heavy (non-hydrogen) atoms. The Morgan fingerprint density at radius 2 is 2.31 bits per heavy atom. The Hall–Kier alpha value is -0.600. The summed E-state index contributed by atoms with van der Waals surface area (Å²) < 4.78 is 13.4. The van der Waals surface area contributed by atoms with Crippen LogP contribution in [0, 0.1) is 5.82 Å². The minimum atomic E-state index is -0.202. The van der Waals surface area contributed by atoms with E-state index in [4.69, 9.17) is 11.6 Å². The normalized spacial score (nSPS) is 22.2. The van der Waals surface area contributed by atoms with E-state index in [1.807, 2.05) is 0 Å². The summed E-state index contributed by atoms with van der Waals surface area (Å²) in [6.45, 7) is 0.954. The van der Waals surface area contributed by atoms with Gasteiger partial charge in [-0.1, -0.05) is 17.7 Å². The molecule has 1 aliphatic heterocycles. The molecule has 0 radical (unpaired) electrons. The molecule has 1 N–H and O–H groups in total. The van der Waals surface area contributed by atoms with Gasteiger partial charge in [0.25, 0.3) is 0 Å². The number of hydrogen-bond donors (Lipinski definition) is 1. The monoisotopic (exact) mass is 199 g/mol. The number of benzene rings is 1. The van der Waals surface area contributed by atoms with Crippen LogP contribution in [0.15, 0.2) is 18.2 Å². The van der Waals surface area contributed by atoms with Crippen LogP contribution in [0.1, 0.15) is 24.4 Å². The SMILES string of the molecule is Fc1cccc(Cl)c1C1CCCN1. The van der Waals surface area contributed by atoms with Crippen molar-refractivity contribution in [3.63, 3.8) is 0 Å². The fourth-order valence-corrected chi connectivity index (χ4v) is 2.07. The van der Waals surface area contributed by atoms with Gasteiger partial charge in [-0.25, -0.2) is 4.39 Å². The molecule has 3 heteroatoms. The molecule has 0 bridgehead atoms. The largest absolute Gasteiger partial charge is 0.310 e. The van der Waals surface area contributed by atoms with Gasteiger partial charge in [-0.3, -0.25) is 0 Å². The molecular weight excluding hydrogens is 189 g/mol. The third kappa shape index (κ3) is 1.69. The van der Waals surface area contributed by atoms with Gasteiger partial charge in [-0.05, 0) is 31.5 Å². The van der Waals surface area contributed by atoms with Gasteiger partial charge in [0, 0.05) is 16.6 Å². The van der Waals surface area contributed by atoms with E-state index in [1.54, 1.807) is 12.1 Å². The van der Waals surface area contributed by atoms with E-state index in [1.165, 1.54) is 6.07 Å². The summed E-state index contributed by atoms with van der Waals surface area (Å²) in [4.78, 5) is 0. The van der Waals surface area contributed by atoms with Crippen molar-refractivity contribution >= 4 is 11.6 Å². The van der Waals surface area contributed by atoms with Crippen molar-refractivity contribution in [1.29, 1.82) is 0 Å². The molecule has 1 nitrogen and oxygen atoms in total. The third-order valence-corrected chi connectivity index (χ3v) is 2.74. The summed E-state index contributed by atoms with van der Waals surface area (Å²) in [5, 5.41) is 3.76. The van der Waals surface area contributed by atoms with Crippen molar-refractivity contribution in [3.8, 4) is 0 Å². The molecule has 1 saturated heterocycles. The summed E-state index contributed by atoms with van der Waals surface area (Å²) in [5.41, 5.74) is 0.627. The van der Waals surface area contributed by atoms with Crippen LogP contribution in [0.4, 0.5) is 4.39 Å². The first kappa shape index (κ1) is 8.97. The van der Waals surface area contributed by atoms with Crippen molar-refractivity contribution in [2.75, 3.05) is 6.54 Å². The molecule has 0 amide bonds. The molecule has 0 spiro atoms. The smallest absolute Gasteiger partial charge is 0.129 e. The van der Waals surface area contributed by atoms with Crippen LogP contribution in [-0.2, 0) is 0 Å². The maximum absolute atomic E-state index is 13.4. The molecule has 2 rings (SSSR count). The number of nitrogens with one attached hydrogen (secondary N) is 1. The van der Waals surface area contributed by atoms with E-state index < -0.39 is 0 Å². The molecule has 1 aromatic rings. The van der Waals surface area contributed by atoms with E-state index in [9.17, 15) is 4.39 Å². The van der Waals surface area contributed by atoms with Gasteiger partial charge >= 0.3 is 0 Å². The van der Waals surface area contributed by atoms with E-state index in [2.05, 4.69) is 5.32 Å². The molecule has 0 aromatic heterocycles. The Morgan fingerprint density at radius 1 is 1.46 bits per heavy atom. The first-order chi connectivity index (χ1) is 6.29. The highest BCUT2D eigenvalue weighted by Gasteiger charge is 2.21. The van der Waals surface area contributed by atoms with Crippen molar-refractivity contribution in [2.45, 2.75) is 18.9 Å². The van der Waals surface area contributed by atoms with E-state index in [-0.39, 0.29) is 11.9 Å². The Bertz CT molecular complexity index is 288. The highest BCUT2D eigenvalue weighted by molar-refractivity contribution is 6.31. The van der Waals surface area contributed by atoms with Gasteiger partial charge in [0.15, 0.2) is 0 Å². The Balaban J connectivity index is 2.37. The fraction of sp³-hybridized carbons (Fsp3) is 0.400. The van der Waals surface area contributed by atoms with Crippen LogP contribution in [0.3, 0.4) is 0 Å². The summed E-state index contributed by atoms with van der Waals surface area (Å²) >= 11 is 5.93. The van der Waals surface area contributed by atoms with E-state index in [0.717, 1.165) is 19.4 Å². The van der Waals surface area contributed by atoms with Crippen LogP contribution < -0.4 is 5.32 Å². The second-order valence-electron chi connectivity index (χ2n) is 3.28. The summed E-state index contributed by atoms with van der Waals surface area (Å²) in [6, 6.07) is 4.94. The molecule has 0 aliphatic carbocycles. The molecular formula is C10H11ClFN. The van der Waals surface area contributed by atoms with Crippen LogP contribution in [0.2, 0.25) is 5.02 Å². The van der Waals surface area contributed by atoms with Gasteiger partial charge in [0.1, 0.15) is 5.82 Å². The predicted molar refractivity (Wildman–Crippen MR) is 51.4 cm³/mol. The maximum Gasteiger partial charge on any atom is 0.129 e. The first-order valence-corrected chi connectivity index (χ1v) is 4.84. The van der Waals surface area contributed by atoms with Gasteiger partial charge in [-0.15, -0.1) is 0 Å². The number of rotatable bonds is 1. The lowest BCUT2D eigenvalue weighted by Gasteiger charge is -2.12. The lowest BCUT2D eigenvalue weighted by Crippen LogP contribution is -2.14. The van der Waals surface area contributed by atoms with Gasteiger partial charge in [0.05, 0.1) is 0 Å². The maximum atomic E-state index is 13.4. The topological polar surface area (TPSA) is 12.0 Å². The molecule has 0 saturated carbocycles. The Morgan fingerprint density at radius 3 is 2.92 bits per heavy atom. The quantitative estimate of drug-likeness (QED) is 0.734. The second-order valence-corrected chi connectivity index (χ2v) is 3.69. The first-order valence-electron chi connectivity index (χ1n) is 4.46. The summed E-state index contributed by atoms with van der Waals surface area (Å²) in [7, 11) is 0. The van der Waals surface area contributed by atoms with Crippen molar-refractivity contribution in [3.05, 3.63) is 34.6 Å². The number of hydrogen-bond acceptors (Lipinski definition) is 1. The predicted octanol–water partition coefficient (Wildman–Crippen LogP) is 2.90. The van der Waals surface area contributed by atoms with E-state index >= 15 is 0 Å². The summed E-state index contributed by atoms with van der Waals surface area (Å²) in [5.74, 6) is -0.202. The Labute approximate surface area is 81.9 Å². The van der Waals surface area contributed by atoms with Gasteiger partial charge < -0.3 is 5.32 Å². The lowest BCUT2D eigenvalue weighted by atomic mass is 10.0. The zero-order valence-corrected chi connectivity index (χ0v) is 7.94. The average Bonchev–Trinajstić information content (AvgIpc) is 2.57. The van der Waals surface area contributed by atoms with Gasteiger partial charge in [0.2, 0.25) is 0 Å². The average molecular weight is 200 g/mol. The third-order valence-electron chi connectivity index (χ3n) is 2.41. The minimum absolute atomic E-state index is 0.105. The van der Waals surface area contributed by atoms with Crippen LogP contribution >= 0.6 is 11.6 Å². The van der Waals surface area contributed by atoms with Crippen LogP contribution in [0.25, 0.3) is 0 Å². The molecule has 1 fully saturated rings. The molecule has 70 valence electrons. The van der Waals surface area contributed by atoms with Crippen LogP contribution in [-0.4, -0.2) is 6.54 Å². The minimum Gasteiger partial charge on any atom is -0.310 e. The zero-order chi connectivity index (χ0) is 9.26. The fourth-order valence-electron chi connectivity index (χ4n) is 1.77. The molecule has 1 atom stereocenters.